The van der Waals surface area contributed by atoms with Crippen LogP contribution >= 0.6 is 0 Å². The van der Waals surface area contributed by atoms with Gasteiger partial charge >= 0.3 is 0 Å². The molecular weight excluding hydrogens is 484 g/mol. The Balaban J connectivity index is 1.35. The van der Waals surface area contributed by atoms with Gasteiger partial charge in [-0.1, -0.05) is 72.8 Å². The van der Waals surface area contributed by atoms with Gasteiger partial charge in [-0.25, -0.2) is 4.90 Å². The van der Waals surface area contributed by atoms with Crippen LogP contribution in [-0.2, 0) is 9.59 Å². The number of hydrogen-bond donors (Lipinski definition) is 1. The van der Waals surface area contributed by atoms with Gasteiger partial charge in [0.1, 0.15) is 0 Å². The first-order chi connectivity index (χ1) is 18.8. The molecule has 4 aromatic rings. The van der Waals surface area contributed by atoms with E-state index in [1.807, 2.05) is 63.2 Å². The fraction of sp³-hybridized carbons (Fsp3) is 0.206. The van der Waals surface area contributed by atoms with E-state index < -0.39 is 11.3 Å². The first-order valence-electron chi connectivity index (χ1n) is 13.4. The Morgan fingerprint density at radius 1 is 0.769 bits per heavy atom. The third kappa shape index (κ3) is 3.04. The van der Waals surface area contributed by atoms with Crippen molar-refractivity contribution in [3.8, 4) is 0 Å². The summed E-state index contributed by atoms with van der Waals surface area (Å²) in [6.07, 6.45) is 0. The van der Waals surface area contributed by atoms with E-state index in [1.54, 1.807) is 24.3 Å². The zero-order valence-electron chi connectivity index (χ0n) is 22.1. The average Bonchev–Trinajstić information content (AvgIpc) is 3.16. The van der Waals surface area contributed by atoms with Crippen molar-refractivity contribution in [1.29, 1.82) is 0 Å². The lowest BCUT2D eigenvalue weighted by atomic mass is 9.48. The summed E-state index contributed by atoms with van der Waals surface area (Å²) in [5.41, 5.74) is 6.89. The monoisotopic (exact) mass is 512 g/mol. The van der Waals surface area contributed by atoms with Crippen LogP contribution in [-0.4, -0.2) is 17.7 Å². The molecule has 0 radical (unpaired) electrons. The third-order valence-corrected chi connectivity index (χ3v) is 9.26. The molecule has 2 atom stereocenters. The van der Waals surface area contributed by atoms with Crippen molar-refractivity contribution in [1.82, 2.24) is 0 Å². The van der Waals surface area contributed by atoms with E-state index in [-0.39, 0.29) is 29.6 Å². The Hall–Kier alpha value is -4.51. The van der Waals surface area contributed by atoms with Gasteiger partial charge in [0.05, 0.1) is 22.6 Å². The molecule has 0 spiro atoms. The minimum absolute atomic E-state index is 0.218. The van der Waals surface area contributed by atoms with Crippen molar-refractivity contribution in [3.05, 3.63) is 130 Å². The molecule has 1 heterocycles. The SMILES string of the molecule is Cc1cccc(NC(=O)c2ccccc2N2C(=O)[C@H]3C4c5ccccc5C(c5ccccc54)[C@]3(C)C2=O)c1C. The molecule has 8 rings (SSSR count). The van der Waals surface area contributed by atoms with E-state index in [0.717, 1.165) is 33.4 Å². The van der Waals surface area contributed by atoms with Crippen LogP contribution in [0.25, 0.3) is 0 Å². The van der Waals surface area contributed by atoms with Gasteiger partial charge < -0.3 is 5.32 Å². The lowest BCUT2D eigenvalue weighted by Gasteiger charge is -2.51. The quantitative estimate of drug-likeness (QED) is 0.326. The predicted molar refractivity (Wildman–Crippen MR) is 151 cm³/mol. The van der Waals surface area contributed by atoms with E-state index in [2.05, 4.69) is 29.6 Å². The maximum absolute atomic E-state index is 14.5. The van der Waals surface area contributed by atoms with E-state index in [9.17, 15) is 14.4 Å². The second-order valence-corrected chi connectivity index (χ2v) is 11.1. The van der Waals surface area contributed by atoms with E-state index in [0.29, 0.717) is 16.9 Å². The number of imide groups is 1. The fourth-order valence-corrected chi connectivity index (χ4v) is 7.28. The van der Waals surface area contributed by atoms with Gasteiger partial charge in [0, 0.05) is 17.5 Å². The molecule has 1 N–H and O–H groups in total. The fourth-order valence-electron chi connectivity index (χ4n) is 7.28. The Morgan fingerprint density at radius 3 is 2.03 bits per heavy atom. The summed E-state index contributed by atoms with van der Waals surface area (Å²) >= 11 is 0. The molecule has 3 aliphatic carbocycles. The summed E-state index contributed by atoms with van der Waals surface area (Å²) in [5, 5.41) is 3.00. The summed E-state index contributed by atoms with van der Waals surface area (Å²) in [5.74, 6) is -1.84. The van der Waals surface area contributed by atoms with Crippen molar-refractivity contribution in [2.45, 2.75) is 32.6 Å². The smallest absolute Gasteiger partial charge is 0.257 e. The predicted octanol–water partition coefficient (Wildman–Crippen LogP) is 6.34. The molecule has 0 aromatic heterocycles. The number of carbonyl (C=O) groups is 3. The van der Waals surface area contributed by atoms with Crippen LogP contribution in [0, 0.1) is 25.2 Å². The maximum Gasteiger partial charge on any atom is 0.257 e. The molecule has 5 heteroatoms. The molecule has 2 bridgehead atoms. The molecule has 4 aromatic carbocycles. The van der Waals surface area contributed by atoms with E-state index in [4.69, 9.17) is 0 Å². The normalized spacial score (nSPS) is 24.3. The van der Waals surface area contributed by atoms with Gasteiger partial charge in [-0.2, -0.15) is 0 Å². The molecule has 192 valence electrons. The number of rotatable bonds is 3. The van der Waals surface area contributed by atoms with E-state index in [1.165, 1.54) is 4.90 Å². The van der Waals surface area contributed by atoms with Crippen LogP contribution in [0.15, 0.2) is 91.0 Å². The highest BCUT2D eigenvalue weighted by atomic mass is 16.2. The van der Waals surface area contributed by atoms with Crippen LogP contribution in [0.2, 0.25) is 0 Å². The maximum atomic E-state index is 14.5. The van der Waals surface area contributed by atoms with Crippen molar-refractivity contribution in [2.75, 3.05) is 10.2 Å². The first kappa shape index (κ1) is 23.6. The number of anilines is 2. The summed E-state index contributed by atoms with van der Waals surface area (Å²) in [4.78, 5) is 43.8. The zero-order chi connectivity index (χ0) is 27.1. The summed E-state index contributed by atoms with van der Waals surface area (Å²) in [7, 11) is 0. The van der Waals surface area contributed by atoms with Gasteiger partial charge in [0.2, 0.25) is 11.8 Å². The zero-order valence-corrected chi connectivity index (χ0v) is 22.1. The van der Waals surface area contributed by atoms with Crippen LogP contribution in [0.5, 0.6) is 0 Å². The molecule has 5 nitrogen and oxygen atoms in total. The van der Waals surface area contributed by atoms with Crippen molar-refractivity contribution in [3.63, 3.8) is 0 Å². The minimum atomic E-state index is -0.957. The topological polar surface area (TPSA) is 66.5 Å². The molecule has 0 unspecified atom stereocenters. The summed E-state index contributed by atoms with van der Waals surface area (Å²) in [6.45, 7) is 5.90. The molecular formula is C34H28N2O3. The van der Waals surface area contributed by atoms with Crippen LogP contribution in [0.1, 0.15) is 62.5 Å². The number of amides is 3. The van der Waals surface area contributed by atoms with Crippen molar-refractivity contribution in [2.24, 2.45) is 11.3 Å². The van der Waals surface area contributed by atoms with Gasteiger partial charge in [-0.05, 0) is 72.4 Å². The standard InChI is InChI=1S/C34H28N2O3/c1-19-11-10-17-26(20(19)2)35-31(37)25-16-8-9-18-27(25)36-32(38)30-28-21-12-4-6-14-23(21)29(34(30,3)33(36)39)24-15-7-5-13-22(24)28/h4-18,28-30H,1-3H3,(H,35,37)/t28?,29?,30-,34+/m1/s1. The number of nitrogens with zero attached hydrogens (tertiary/aromatic N) is 1. The molecule has 39 heavy (non-hydrogen) atoms. The van der Waals surface area contributed by atoms with Crippen molar-refractivity contribution >= 4 is 29.1 Å². The van der Waals surface area contributed by atoms with Gasteiger partial charge in [-0.3, -0.25) is 14.4 Å². The third-order valence-electron chi connectivity index (χ3n) is 9.26. The number of aryl methyl sites for hydroxylation is 1. The number of hydrogen-bond acceptors (Lipinski definition) is 3. The number of para-hydroxylation sites is 1. The van der Waals surface area contributed by atoms with Crippen LogP contribution in [0.4, 0.5) is 11.4 Å². The van der Waals surface area contributed by atoms with Crippen LogP contribution < -0.4 is 10.2 Å². The average molecular weight is 513 g/mol. The van der Waals surface area contributed by atoms with Gasteiger partial charge in [0.15, 0.2) is 0 Å². The lowest BCUT2D eigenvalue weighted by Crippen LogP contribution is -2.49. The van der Waals surface area contributed by atoms with Gasteiger partial charge in [0.25, 0.3) is 5.91 Å². The Labute approximate surface area is 227 Å². The Bertz CT molecular complexity index is 1680. The first-order valence-corrected chi connectivity index (χ1v) is 13.4. The van der Waals surface area contributed by atoms with E-state index >= 15 is 0 Å². The molecule has 4 aliphatic rings. The number of carbonyl (C=O) groups excluding carboxylic acids is 3. The molecule has 1 aliphatic heterocycles. The second kappa shape index (κ2) is 8.24. The minimum Gasteiger partial charge on any atom is -0.322 e. The molecule has 1 fully saturated rings. The Kier molecular flexibility index (Phi) is 4.99. The van der Waals surface area contributed by atoms with Crippen molar-refractivity contribution < 1.29 is 14.4 Å². The Morgan fingerprint density at radius 2 is 1.36 bits per heavy atom. The lowest BCUT2D eigenvalue weighted by molar-refractivity contribution is -0.128. The van der Waals surface area contributed by atoms with Gasteiger partial charge in [-0.15, -0.1) is 0 Å². The number of nitrogens with one attached hydrogen (secondary N) is 1. The molecule has 0 saturated carbocycles. The largest absolute Gasteiger partial charge is 0.322 e. The summed E-state index contributed by atoms with van der Waals surface area (Å²) < 4.78 is 0. The van der Waals surface area contributed by atoms with Crippen LogP contribution in [0.3, 0.4) is 0 Å². The highest BCUT2D eigenvalue weighted by Gasteiger charge is 2.69. The molecule has 1 saturated heterocycles. The number of benzene rings is 4. The second-order valence-electron chi connectivity index (χ2n) is 11.1. The highest BCUT2D eigenvalue weighted by Crippen LogP contribution is 2.67. The highest BCUT2D eigenvalue weighted by molar-refractivity contribution is 6.27. The summed E-state index contributed by atoms with van der Waals surface area (Å²) in [6, 6.07) is 29.1. The molecule has 3 amide bonds.